The largest absolute Gasteiger partial charge is 0.456 e. The molecule has 4 heteroatoms. The van der Waals surface area contributed by atoms with E-state index in [1.165, 1.54) is 76.9 Å². The Bertz CT molecular complexity index is 4500. The first-order valence-corrected chi connectivity index (χ1v) is 25.2. The molecule has 4 nitrogen and oxygen atoms in total. The molecule has 14 aromatic rings. The maximum absolute atomic E-state index is 6.34. The molecule has 0 N–H and O–H groups in total. The highest BCUT2D eigenvalue weighted by Crippen LogP contribution is 2.51. The molecule has 0 unspecified atom stereocenters. The van der Waals surface area contributed by atoms with Crippen LogP contribution in [0.25, 0.3) is 110 Å². The summed E-state index contributed by atoms with van der Waals surface area (Å²) >= 11 is 0. The summed E-state index contributed by atoms with van der Waals surface area (Å²) in [6, 6.07) is 90.8. The third-order valence-corrected chi connectivity index (χ3v) is 15.7. The van der Waals surface area contributed by atoms with Crippen molar-refractivity contribution in [1.29, 1.82) is 0 Å². The Kier molecular flexibility index (Phi) is 8.97. The van der Waals surface area contributed by atoms with Crippen LogP contribution in [0.15, 0.2) is 253 Å². The van der Waals surface area contributed by atoms with Crippen molar-refractivity contribution in [1.82, 2.24) is 9.13 Å². The van der Waals surface area contributed by atoms with Crippen molar-refractivity contribution >= 4 is 82.6 Å². The van der Waals surface area contributed by atoms with Crippen molar-refractivity contribution in [3.8, 4) is 44.8 Å². The van der Waals surface area contributed by atoms with Crippen LogP contribution in [0.1, 0.15) is 25.0 Å². The molecule has 0 amide bonds. The van der Waals surface area contributed by atoms with Gasteiger partial charge in [-0.3, -0.25) is 0 Å². The Balaban J connectivity index is 0.802. The predicted octanol–water partition coefficient (Wildman–Crippen LogP) is 18.9. The van der Waals surface area contributed by atoms with Crippen LogP contribution >= 0.6 is 0 Å². The van der Waals surface area contributed by atoms with Crippen molar-refractivity contribution in [2.45, 2.75) is 19.3 Å². The molecule has 1 aliphatic rings. The van der Waals surface area contributed by atoms with Crippen molar-refractivity contribution in [3.05, 3.63) is 260 Å². The van der Waals surface area contributed by atoms with Crippen LogP contribution < -0.4 is 4.90 Å². The minimum absolute atomic E-state index is 0.130. The third-order valence-electron chi connectivity index (χ3n) is 15.7. The molecule has 0 atom stereocenters. The summed E-state index contributed by atoms with van der Waals surface area (Å²) in [7, 11) is 0. The van der Waals surface area contributed by atoms with Gasteiger partial charge in [-0.2, -0.15) is 0 Å². The van der Waals surface area contributed by atoms with Gasteiger partial charge < -0.3 is 18.5 Å². The number of hydrogen-bond acceptors (Lipinski definition) is 2. The molecule has 0 saturated heterocycles. The number of rotatable bonds is 7. The summed E-state index contributed by atoms with van der Waals surface area (Å²) in [4.78, 5) is 2.41. The number of benzene rings is 11. The second kappa shape index (κ2) is 15.8. The number of aromatic nitrogens is 2. The fourth-order valence-corrected chi connectivity index (χ4v) is 12.2. The van der Waals surface area contributed by atoms with Gasteiger partial charge in [0.15, 0.2) is 0 Å². The maximum Gasteiger partial charge on any atom is 0.136 e. The molecule has 0 saturated carbocycles. The van der Waals surface area contributed by atoms with Crippen molar-refractivity contribution in [3.63, 3.8) is 0 Å². The van der Waals surface area contributed by atoms with E-state index in [-0.39, 0.29) is 5.41 Å². The van der Waals surface area contributed by atoms with Crippen LogP contribution in [0.4, 0.5) is 17.1 Å². The lowest BCUT2D eigenvalue weighted by Gasteiger charge is -2.28. The summed E-state index contributed by atoms with van der Waals surface area (Å²) in [6.45, 7) is 4.71. The van der Waals surface area contributed by atoms with E-state index in [0.717, 1.165) is 61.6 Å². The fraction of sp³-hybridized carbons (Fsp3) is 0.0435. The van der Waals surface area contributed by atoms with E-state index in [1.54, 1.807) is 0 Å². The van der Waals surface area contributed by atoms with Crippen molar-refractivity contribution in [2.24, 2.45) is 0 Å². The average Bonchev–Trinajstić information content (AvgIpc) is 4.16. The lowest BCUT2D eigenvalue weighted by atomic mass is 9.82. The van der Waals surface area contributed by atoms with E-state index < -0.39 is 0 Å². The standard InChI is InChI=1S/C69H47N3O/c1-69(2)59-20-10-6-16-53(59)54-38-37-52(43-60(54)69)70(50-33-28-46(29-34-50)47-30-39-63-58(42-47)55-17-7-11-21-61(55)71(63)48-14-4-3-5-15-48)49-31-24-44(25-32-49)45-26-35-51(36-27-45)72-62-22-12-8-18-56(62)67-64(72)40-41-66-68(67)57-19-9-13-23-65(57)73-66/h3-43H,1-2H3. The first-order chi connectivity index (χ1) is 36.0. The number of nitrogens with zero attached hydrogens (tertiary/aromatic N) is 3. The SMILES string of the molecule is CC1(C)c2ccccc2-c2ccc(N(c3ccc(-c4ccc(-n5c6ccccc6c6c7c(ccc65)oc5ccccc57)cc4)cc3)c3ccc(-c4ccc5c(c4)c4ccccc4n5-c4ccccc4)cc3)cc21. The molecular formula is C69H47N3O. The first-order valence-electron chi connectivity index (χ1n) is 25.2. The summed E-state index contributed by atoms with van der Waals surface area (Å²) in [5, 5.41) is 7.24. The fourth-order valence-electron chi connectivity index (χ4n) is 12.2. The van der Waals surface area contributed by atoms with Gasteiger partial charge in [-0.05, 0) is 148 Å². The smallest absolute Gasteiger partial charge is 0.136 e. The minimum atomic E-state index is -0.130. The van der Waals surface area contributed by atoms with Gasteiger partial charge in [0.05, 0.1) is 22.1 Å². The molecule has 0 radical (unpaired) electrons. The Morgan fingerprint density at radius 1 is 0.329 bits per heavy atom. The zero-order valence-electron chi connectivity index (χ0n) is 40.4. The van der Waals surface area contributed by atoms with Gasteiger partial charge in [-0.25, -0.2) is 0 Å². The summed E-state index contributed by atoms with van der Waals surface area (Å²) in [6.07, 6.45) is 0. The molecule has 344 valence electrons. The molecular weight excluding hydrogens is 887 g/mol. The highest BCUT2D eigenvalue weighted by atomic mass is 16.3. The topological polar surface area (TPSA) is 26.2 Å². The van der Waals surface area contributed by atoms with Gasteiger partial charge in [-0.15, -0.1) is 0 Å². The number of fused-ring (bicyclic) bond motifs is 13. The van der Waals surface area contributed by atoms with Gasteiger partial charge in [-0.1, -0.05) is 159 Å². The predicted molar refractivity (Wildman–Crippen MR) is 306 cm³/mol. The molecule has 15 rings (SSSR count). The number of furan rings is 1. The molecule has 0 spiro atoms. The van der Waals surface area contributed by atoms with Gasteiger partial charge in [0.2, 0.25) is 0 Å². The summed E-state index contributed by atoms with van der Waals surface area (Å²) < 4.78 is 11.1. The van der Waals surface area contributed by atoms with Crippen LogP contribution in [0.3, 0.4) is 0 Å². The zero-order chi connectivity index (χ0) is 48.4. The molecule has 11 aromatic carbocycles. The molecule has 73 heavy (non-hydrogen) atoms. The van der Waals surface area contributed by atoms with Gasteiger partial charge in [0.25, 0.3) is 0 Å². The lowest BCUT2D eigenvalue weighted by molar-refractivity contribution is 0.660. The van der Waals surface area contributed by atoms with Crippen LogP contribution in [-0.2, 0) is 5.41 Å². The van der Waals surface area contributed by atoms with E-state index in [1.807, 2.05) is 6.07 Å². The normalized spacial score (nSPS) is 12.9. The van der Waals surface area contributed by atoms with Gasteiger partial charge in [0, 0.05) is 66.2 Å². The number of anilines is 3. The lowest BCUT2D eigenvalue weighted by Crippen LogP contribution is -2.16. The Hall–Kier alpha value is -9.38. The van der Waals surface area contributed by atoms with Crippen LogP contribution in [0.5, 0.6) is 0 Å². The van der Waals surface area contributed by atoms with Crippen molar-refractivity contribution in [2.75, 3.05) is 4.90 Å². The second-order valence-corrected chi connectivity index (χ2v) is 20.1. The van der Waals surface area contributed by atoms with Crippen LogP contribution in [0.2, 0.25) is 0 Å². The molecule has 1 aliphatic carbocycles. The first kappa shape index (κ1) is 41.4. The van der Waals surface area contributed by atoms with E-state index in [2.05, 4.69) is 271 Å². The molecule has 0 aliphatic heterocycles. The number of hydrogen-bond donors (Lipinski definition) is 0. The Labute approximate surface area is 422 Å². The quantitative estimate of drug-likeness (QED) is 0.159. The Morgan fingerprint density at radius 3 is 1.60 bits per heavy atom. The summed E-state index contributed by atoms with van der Waals surface area (Å²) in [5.74, 6) is 0. The van der Waals surface area contributed by atoms with E-state index >= 15 is 0 Å². The molecule has 0 bridgehead atoms. The number of para-hydroxylation sites is 4. The second-order valence-electron chi connectivity index (χ2n) is 20.1. The molecule has 3 heterocycles. The van der Waals surface area contributed by atoms with E-state index in [9.17, 15) is 0 Å². The van der Waals surface area contributed by atoms with Crippen molar-refractivity contribution < 1.29 is 4.42 Å². The maximum atomic E-state index is 6.34. The molecule has 3 aromatic heterocycles. The van der Waals surface area contributed by atoms with E-state index in [4.69, 9.17) is 4.42 Å². The minimum Gasteiger partial charge on any atom is -0.456 e. The third kappa shape index (κ3) is 6.27. The van der Waals surface area contributed by atoms with Crippen LogP contribution in [-0.4, -0.2) is 9.13 Å². The van der Waals surface area contributed by atoms with Gasteiger partial charge in [0.1, 0.15) is 11.2 Å². The highest BCUT2D eigenvalue weighted by Gasteiger charge is 2.36. The monoisotopic (exact) mass is 933 g/mol. The summed E-state index contributed by atoms with van der Waals surface area (Å²) in [5.41, 5.74) is 22.1. The molecule has 0 fully saturated rings. The zero-order valence-corrected chi connectivity index (χ0v) is 40.4. The van der Waals surface area contributed by atoms with Crippen LogP contribution in [0, 0.1) is 0 Å². The average molecular weight is 934 g/mol. The van der Waals surface area contributed by atoms with E-state index in [0.29, 0.717) is 0 Å². The highest BCUT2D eigenvalue weighted by molar-refractivity contribution is 6.27. The van der Waals surface area contributed by atoms with Gasteiger partial charge >= 0.3 is 0 Å². The Morgan fingerprint density at radius 2 is 0.849 bits per heavy atom.